The standard InChI is InChI=1S/C29H34N4O5S2/c1-21(2)25-8-5-9-26-27(25)31-29(39-26)33(20-22-7-6-14-30-19-22)28(34)23-10-12-24(13-11-23)40(35,36)32(15-17-37-3)16-18-38-4/h5-14,19,21H,15-18,20H2,1-4H3. The van der Waals surface area contributed by atoms with Gasteiger partial charge in [0.05, 0.1) is 34.9 Å². The van der Waals surface area contributed by atoms with Crippen LogP contribution in [0.25, 0.3) is 10.2 Å². The molecule has 4 rings (SSSR count). The van der Waals surface area contributed by atoms with E-state index in [1.807, 2.05) is 24.3 Å². The Morgan fingerprint density at radius 1 is 0.975 bits per heavy atom. The normalized spacial score (nSPS) is 11.9. The first-order chi connectivity index (χ1) is 19.3. The number of carbonyl (C=O) groups is 1. The highest BCUT2D eigenvalue weighted by molar-refractivity contribution is 7.89. The summed E-state index contributed by atoms with van der Waals surface area (Å²) in [4.78, 5) is 24.7. The zero-order valence-electron chi connectivity index (χ0n) is 23.1. The van der Waals surface area contributed by atoms with Gasteiger partial charge in [0, 0.05) is 45.3 Å². The highest BCUT2D eigenvalue weighted by atomic mass is 32.2. The quantitative estimate of drug-likeness (QED) is 0.220. The number of hydrogen-bond acceptors (Lipinski definition) is 8. The number of sulfonamides is 1. The highest BCUT2D eigenvalue weighted by Gasteiger charge is 2.26. The molecule has 2 aromatic carbocycles. The fraction of sp³-hybridized carbons (Fsp3) is 0.345. The summed E-state index contributed by atoms with van der Waals surface area (Å²) in [5.41, 5.74) is 3.21. The average Bonchev–Trinajstić information content (AvgIpc) is 3.40. The van der Waals surface area contributed by atoms with Crippen LogP contribution in [0.3, 0.4) is 0 Å². The number of methoxy groups -OCH3 is 2. The lowest BCUT2D eigenvalue weighted by Crippen LogP contribution is -2.36. The third-order valence-electron chi connectivity index (χ3n) is 6.43. The van der Waals surface area contributed by atoms with Gasteiger partial charge in [-0.05, 0) is 53.4 Å². The van der Waals surface area contributed by atoms with Crippen molar-refractivity contribution in [3.63, 3.8) is 0 Å². The Hall–Kier alpha value is -3.22. The maximum Gasteiger partial charge on any atom is 0.260 e. The Labute approximate surface area is 239 Å². The van der Waals surface area contributed by atoms with E-state index in [4.69, 9.17) is 14.5 Å². The summed E-state index contributed by atoms with van der Waals surface area (Å²) in [6.07, 6.45) is 3.40. The summed E-state index contributed by atoms with van der Waals surface area (Å²) in [5.74, 6) is -0.00321. The topological polar surface area (TPSA) is 102 Å². The number of anilines is 1. The van der Waals surface area contributed by atoms with Crippen LogP contribution in [0.5, 0.6) is 0 Å². The van der Waals surface area contributed by atoms with Crippen LogP contribution in [0.1, 0.15) is 41.3 Å². The van der Waals surface area contributed by atoms with Crippen LogP contribution in [0.15, 0.2) is 71.9 Å². The van der Waals surface area contributed by atoms with Crippen molar-refractivity contribution in [1.29, 1.82) is 0 Å². The number of pyridine rings is 1. The first-order valence-electron chi connectivity index (χ1n) is 12.9. The molecular formula is C29H34N4O5S2. The number of hydrogen-bond donors (Lipinski definition) is 0. The number of para-hydroxylation sites is 1. The molecule has 11 heteroatoms. The van der Waals surface area contributed by atoms with Crippen molar-refractivity contribution >= 4 is 42.6 Å². The molecule has 1 amide bonds. The number of rotatable bonds is 13. The molecule has 0 saturated heterocycles. The molecule has 0 saturated carbocycles. The van der Waals surface area contributed by atoms with Crippen molar-refractivity contribution in [1.82, 2.24) is 14.3 Å². The fourth-order valence-electron chi connectivity index (χ4n) is 4.25. The third-order valence-corrected chi connectivity index (χ3v) is 9.39. The summed E-state index contributed by atoms with van der Waals surface area (Å²) in [6, 6.07) is 15.8. The van der Waals surface area contributed by atoms with Crippen LogP contribution in [-0.2, 0) is 26.0 Å². The van der Waals surface area contributed by atoms with Crippen LogP contribution in [0.4, 0.5) is 5.13 Å². The summed E-state index contributed by atoms with van der Waals surface area (Å²) < 4.78 is 39.1. The number of nitrogens with zero attached hydrogens (tertiary/aromatic N) is 4. The molecule has 4 aromatic rings. The summed E-state index contributed by atoms with van der Waals surface area (Å²) in [5, 5.41) is 0.568. The van der Waals surface area contributed by atoms with Crippen LogP contribution < -0.4 is 4.90 Å². The molecule has 2 aromatic heterocycles. The zero-order chi connectivity index (χ0) is 28.7. The lowest BCUT2D eigenvalue weighted by molar-refractivity contribution is 0.0985. The molecule has 212 valence electrons. The maximum atomic E-state index is 13.9. The van der Waals surface area contributed by atoms with Crippen molar-refractivity contribution < 1.29 is 22.7 Å². The number of fused-ring (bicyclic) bond motifs is 1. The van der Waals surface area contributed by atoms with E-state index in [0.717, 1.165) is 21.3 Å². The Morgan fingerprint density at radius 3 is 2.27 bits per heavy atom. The molecule has 0 bridgehead atoms. The second-order valence-electron chi connectivity index (χ2n) is 9.51. The van der Waals surface area contributed by atoms with Gasteiger partial charge in [-0.2, -0.15) is 4.31 Å². The van der Waals surface area contributed by atoms with E-state index >= 15 is 0 Å². The minimum atomic E-state index is -3.81. The molecule has 2 heterocycles. The SMILES string of the molecule is COCCN(CCOC)S(=O)(=O)c1ccc(C(=O)N(Cc2cccnc2)c2nc3c(C(C)C)cccc3s2)cc1. The summed E-state index contributed by atoms with van der Waals surface area (Å²) >= 11 is 1.45. The fourth-order valence-corrected chi connectivity index (χ4v) is 6.66. The van der Waals surface area contributed by atoms with E-state index < -0.39 is 10.0 Å². The third kappa shape index (κ3) is 6.73. The van der Waals surface area contributed by atoms with Gasteiger partial charge in [-0.25, -0.2) is 13.4 Å². The number of benzene rings is 2. The van der Waals surface area contributed by atoms with Gasteiger partial charge < -0.3 is 9.47 Å². The van der Waals surface area contributed by atoms with E-state index in [9.17, 15) is 13.2 Å². The molecule has 0 N–H and O–H groups in total. The summed E-state index contributed by atoms with van der Waals surface area (Å²) in [7, 11) is -0.766. The monoisotopic (exact) mass is 582 g/mol. The van der Waals surface area contributed by atoms with Crippen molar-refractivity contribution in [2.75, 3.05) is 45.4 Å². The lowest BCUT2D eigenvalue weighted by Gasteiger charge is -2.22. The molecule has 0 aliphatic carbocycles. The van der Waals surface area contributed by atoms with Gasteiger partial charge >= 0.3 is 0 Å². The van der Waals surface area contributed by atoms with Gasteiger partial charge in [-0.3, -0.25) is 14.7 Å². The Balaban J connectivity index is 1.68. The largest absolute Gasteiger partial charge is 0.383 e. The smallest absolute Gasteiger partial charge is 0.260 e. The van der Waals surface area contributed by atoms with E-state index in [2.05, 4.69) is 24.9 Å². The zero-order valence-corrected chi connectivity index (χ0v) is 24.7. The van der Waals surface area contributed by atoms with Gasteiger partial charge in [0.15, 0.2) is 5.13 Å². The van der Waals surface area contributed by atoms with Gasteiger partial charge in [0.1, 0.15) is 0 Å². The predicted octanol–water partition coefficient (Wildman–Crippen LogP) is 4.95. The molecule has 0 spiro atoms. The summed E-state index contributed by atoms with van der Waals surface area (Å²) in [6.45, 7) is 5.40. The van der Waals surface area contributed by atoms with Gasteiger partial charge in [-0.15, -0.1) is 0 Å². The van der Waals surface area contributed by atoms with Crippen molar-refractivity contribution in [2.45, 2.75) is 31.2 Å². The molecule has 9 nitrogen and oxygen atoms in total. The second-order valence-corrected chi connectivity index (χ2v) is 12.5. The van der Waals surface area contributed by atoms with E-state index in [1.165, 1.54) is 42.0 Å². The number of thiazole rings is 1. The average molecular weight is 583 g/mol. The Morgan fingerprint density at radius 2 is 1.68 bits per heavy atom. The number of aromatic nitrogens is 2. The van der Waals surface area contributed by atoms with E-state index in [1.54, 1.807) is 29.4 Å². The molecular weight excluding hydrogens is 548 g/mol. The maximum absolute atomic E-state index is 13.9. The number of ether oxygens (including phenoxy) is 2. The van der Waals surface area contributed by atoms with Crippen molar-refractivity contribution in [3.8, 4) is 0 Å². The first kappa shape index (κ1) is 29.8. The lowest BCUT2D eigenvalue weighted by atomic mass is 10.0. The predicted molar refractivity (Wildman–Crippen MR) is 157 cm³/mol. The van der Waals surface area contributed by atoms with Crippen molar-refractivity contribution in [3.05, 3.63) is 83.7 Å². The molecule has 0 aliphatic rings. The number of carbonyl (C=O) groups excluding carboxylic acids is 1. The van der Waals surface area contributed by atoms with Gasteiger partial charge in [0.2, 0.25) is 10.0 Å². The van der Waals surface area contributed by atoms with Crippen LogP contribution >= 0.6 is 11.3 Å². The molecule has 40 heavy (non-hydrogen) atoms. The van der Waals surface area contributed by atoms with Gasteiger partial charge in [-0.1, -0.05) is 43.4 Å². The van der Waals surface area contributed by atoms with Crippen LogP contribution in [0, 0.1) is 0 Å². The minimum absolute atomic E-state index is 0.0941. The molecule has 0 fully saturated rings. The minimum Gasteiger partial charge on any atom is -0.383 e. The molecule has 0 unspecified atom stereocenters. The van der Waals surface area contributed by atoms with E-state index in [0.29, 0.717) is 10.7 Å². The molecule has 0 aliphatic heterocycles. The number of amides is 1. The Kier molecular flexibility index (Phi) is 9.99. The molecule has 0 radical (unpaired) electrons. The highest BCUT2D eigenvalue weighted by Crippen LogP contribution is 2.35. The Bertz CT molecular complexity index is 1520. The van der Waals surface area contributed by atoms with Gasteiger partial charge in [0.25, 0.3) is 5.91 Å². The van der Waals surface area contributed by atoms with Crippen LogP contribution in [0.2, 0.25) is 0 Å². The van der Waals surface area contributed by atoms with E-state index in [-0.39, 0.29) is 49.6 Å². The van der Waals surface area contributed by atoms with Crippen molar-refractivity contribution in [2.24, 2.45) is 0 Å². The second kappa shape index (κ2) is 13.4. The molecule has 0 atom stereocenters. The first-order valence-corrected chi connectivity index (χ1v) is 15.2. The van der Waals surface area contributed by atoms with Crippen LogP contribution in [-0.4, -0.2) is 69.1 Å².